The number of nitrogens with one attached hydrogen (secondary N) is 1. The molecule has 2 aliphatic rings. The summed E-state index contributed by atoms with van der Waals surface area (Å²) < 4.78 is 27.0. The summed E-state index contributed by atoms with van der Waals surface area (Å²) in [6, 6.07) is 0.417. The van der Waals surface area contributed by atoms with Gasteiger partial charge in [-0.1, -0.05) is 27.7 Å². The first kappa shape index (κ1) is 21.2. The second kappa shape index (κ2) is 8.69. The number of carbonyl (C=O) groups excluding carboxylic acids is 2. The SMILES string of the molecule is CC(C)C(=O)NS(=O)(=O)C1CCN(C2CCN(C(=O)C(C)C)CC2)CC1. The Kier molecular flexibility index (Phi) is 7.07. The van der Waals surface area contributed by atoms with E-state index in [1.54, 1.807) is 13.8 Å². The predicted octanol–water partition coefficient (Wildman–Crippen LogP) is 1.20. The molecule has 0 aromatic heterocycles. The van der Waals surface area contributed by atoms with Crippen molar-refractivity contribution >= 4 is 21.8 Å². The van der Waals surface area contributed by atoms with E-state index in [2.05, 4.69) is 9.62 Å². The second-order valence-electron chi connectivity index (χ2n) is 8.11. The summed E-state index contributed by atoms with van der Waals surface area (Å²) in [4.78, 5) is 28.1. The maximum atomic E-state index is 12.4. The highest BCUT2D eigenvalue weighted by Crippen LogP contribution is 2.24. The van der Waals surface area contributed by atoms with Gasteiger partial charge in [-0.05, 0) is 38.8 Å². The van der Waals surface area contributed by atoms with Crippen LogP contribution in [0.1, 0.15) is 53.4 Å². The first-order chi connectivity index (χ1) is 12.1. The van der Waals surface area contributed by atoms with Gasteiger partial charge in [0.25, 0.3) is 0 Å². The predicted molar refractivity (Wildman–Crippen MR) is 101 cm³/mol. The minimum absolute atomic E-state index is 0.0357. The number of rotatable bonds is 5. The normalized spacial score (nSPS) is 21.4. The summed E-state index contributed by atoms with van der Waals surface area (Å²) in [6.07, 6.45) is 2.98. The first-order valence-corrected chi connectivity index (χ1v) is 11.2. The Bertz CT molecular complexity index is 602. The smallest absolute Gasteiger partial charge is 0.237 e. The Labute approximate surface area is 157 Å². The number of likely N-dealkylation sites (tertiary alicyclic amines) is 2. The van der Waals surface area contributed by atoms with Crippen molar-refractivity contribution in [3.05, 3.63) is 0 Å². The lowest BCUT2D eigenvalue weighted by atomic mass is 9.99. The zero-order valence-corrected chi connectivity index (χ0v) is 17.2. The molecule has 0 bridgehead atoms. The number of sulfonamides is 1. The van der Waals surface area contributed by atoms with Crippen molar-refractivity contribution in [1.82, 2.24) is 14.5 Å². The van der Waals surface area contributed by atoms with E-state index in [0.717, 1.165) is 39.0 Å². The molecule has 0 saturated carbocycles. The van der Waals surface area contributed by atoms with Crippen LogP contribution in [0.15, 0.2) is 0 Å². The molecule has 2 fully saturated rings. The fourth-order valence-corrected chi connectivity index (χ4v) is 5.22. The van der Waals surface area contributed by atoms with Crippen LogP contribution in [0.5, 0.6) is 0 Å². The van der Waals surface area contributed by atoms with Gasteiger partial charge in [0.05, 0.1) is 5.25 Å². The molecule has 0 atom stereocenters. The minimum Gasteiger partial charge on any atom is -0.342 e. The van der Waals surface area contributed by atoms with Crippen molar-refractivity contribution in [3.63, 3.8) is 0 Å². The molecule has 0 spiro atoms. The molecule has 2 heterocycles. The van der Waals surface area contributed by atoms with E-state index in [0.29, 0.717) is 18.9 Å². The maximum Gasteiger partial charge on any atom is 0.237 e. The van der Waals surface area contributed by atoms with Crippen LogP contribution in [0.4, 0.5) is 0 Å². The fourth-order valence-electron chi connectivity index (χ4n) is 3.71. The van der Waals surface area contributed by atoms with E-state index in [-0.39, 0.29) is 17.7 Å². The summed E-state index contributed by atoms with van der Waals surface area (Å²) in [6.45, 7) is 10.2. The topological polar surface area (TPSA) is 86.8 Å². The summed E-state index contributed by atoms with van der Waals surface area (Å²) in [5.74, 6) is -0.527. The molecule has 0 unspecified atom stereocenters. The van der Waals surface area contributed by atoms with Gasteiger partial charge >= 0.3 is 0 Å². The number of nitrogens with zero attached hydrogens (tertiary/aromatic N) is 2. The van der Waals surface area contributed by atoms with E-state index in [1.165, 1.54) is 0 Å². The van der Waals surface area contributed by atoms with Crippen LogP contribution >= 0.6 is 0 Å². The highest BCUT2D eigenvalue weighted by atomic mass is 32.2. The molecule has 26 heavy (non-hydrogen) atoms. The van der Waals surface area contributed by atoms with Gasteiger partial charge in [-0.25, -0.2) is 8.42 Å². The van der Waals surface area contributed by atoms with Crippen molar-refractivity contribution in [2.45, 2.75) is 64.7 Å². The van der Waals surface area contributed by atoms with Gasteiger partial charge < -0.3 is 9.80 Å². The van der Waals surface area contributed by atoms with Crippen LogP contribution in [0.2, 0.25) is 0 Å². The number of amides is 2. The van der Waals surface area contributed by atoms with Crippen LogP contribution < -0.4 is 4.72 Å². The highest BCUT2D eigenvalue weighted by Gasteiger charge is 2.35. The van der Waals surface area contributed by atoms with Crippen LogP contribution in [0.3, 0.4) is 0 Å². The summed E-state index contributed by atoms with van der Waals surface area (Å²) >= 11 is 0. The second-order valence-corrected chi connectivity index (χ2v) is 10.1. The molecule has 2 saturated heterocycles. The summed E-state index contributed by atoms with van der Waals surface area (Å²) in [7, 11) is -3.59. The molecule has 0 aromatic rings. The summed E-state index contributed by atoms with van der Waals surface area (Å²) in [5, 5.41) is -0.496. The van der Waals surface area contributed by atoms with Gasteiger partial charge in [0, 0.05) is 31.0 Å². The molecular weight excluding hydrogens is 354 g/mol. The van der Waals surface area contributed by atoms with Gasteiger partial charge in [-0.3, -0.25) is 14.3 Å². The molecule has 7 nitrogen and oxygen atoms in total. The Balaban J connectivity index is 1.82. The van der Waals surface area contributed by atoms with E-state index >= 15 is 0 Å². The average molecular weight is 388 g/mol. The quantitative estimate of drug-likeness (QED) is 0.766. The molecular formula is C18H33N3O4S. The Morgan fingerprint density at radius 3 is 1.88 bits per heavy atom. The molecule has 0 aliphatic carbocycles. The lowest BCUT2D eigenvalue weighted by molar-refractivity contribution is -0.136. The van der Waals surface area contributed by atoms with Crippen molar-refractivity contribution in [2.75, 3.05) is 26.2 Å². The van der Waals surface area contributed by atoms with Gasteiger partial charge in [0.1, 0.15) is 0 Å². The monoisotopic (exact) mass is 387 g/mol. The van der Waals surface area contributed by atoms with Gasteiger partial charge in [-0.15, -0.1) is 0 Å². The maximum absolute atomic E-state index is 12.4. The number of hydrogen-bond acceptors (Lipinski definition) is 5. The molecule has 8 heteroatoms. The molecule has 2 rings (SSSR count). The van der Waals surface area contributed by atoms with Crippen LogP contribution in [0, 0.1) is 11.8 Å². The number of piperidine rings is 2. The highest BCUT2D eigenvalue weighted by molar-refractivity contribution is 7.90. The van der Waals surface area contributed by atoms with Crippen molar-refractivity contribution in [3.8, 4) is 0 Å². The first-order valence-electron chi connectivity index (χ1n) is 9.70. The molecule has 0 radical (unpaired) electrons. The van der Waals surface area contributed by atoms with E-state index in [9.17, 15) is 18.0 Å². The Morgan fingerprint density at radius 1 is 0.885 bits per heavy atom. The van der Waals surface area contributed by atoms with E-state index in [1.807, 2.05) is 18.7 Å². The molecule has 2 amide bonds. The average Bonchev–Trinajstić information content (AvgIpc) is 2.60. The van der Waals surface area contributed by atoms with Gasteiger partial charge in [0.15, 0.2) is 0 Å². The lowest BCUT2D eigenvalue weighted by Gasteiger charge is -2.42. The molecule has 0 aromatic carbocycles. The molecule has 2 aliphatic heterocycles. The molecule has 1 N–H and O–H groups in total. The zero-order chi connectivity index (χ0) is 19.5. The largest absolute Gasteiger partial charge is 0.342 e. The standard InChI is InChI=1S/C18H33N3O4S/c1-13(2)17(22)19-26(24,25)16-7-11-20(12-8-16)15-5-9-21(10-6-15)18(23)14(3)4/h13-16H,5-12H2,1-4H3,(H,19,22). The third-order valence-corrected chi connectivity index (χ3v) is 7.30. The number of hydrogen-bond donors (Lipinski definition) is 1. The van der Waals surface area contributed by atoms with E-state index < -0.39 is 21.2 Å². The van der Waals surface area contributed by atoms with Gasteiger partial charge in [-0.2, -0.15) is 0 Å². The zero-order valence-electron chi connectivity index (χ0n) is 16.4. The Morgan fingerprint density at radius 2 is 1.42 bits per heavy atom. The number of carbonyl (C=O) groups is 2. The van der Waals surface area contributed by atoms with Crippen molar-refractivity contribution in [1.29, 1.82) is 0 Å². The van der Waals surface area contributed by atoms with Crippen molar-refractivity contribution < 1.29 is 18.0 Å². The van der Waals surface area contributed by atoms with Crippen molar-refractivity contribution in [2.24, 2.45) is 11.8 Å². The molecule has 150 valence electrons. The van der Waals surface area contributed by atoms with Crippen LogP contribution in [-0.4, -0.2) is 67.5 Å². The van der Waals surface area contributed by atoms with Gasteiger partial charge in [0.2, 0.25) is 21.8 Å². The summed E-state index contributed by atoms with van der Waals surface area (Å²) in [5.41, 5.74) is 0. The van der Waals surface area contributed by atoms with Crippen LogP contribution in [0.25, 0.3) is 0 Å². The lowest BCUT2D eigenvalue weighted by Crippen LogP contribution is -2.52. The fraction of sp³-hybridized carbons (Fsp3) is 0.889. The Hall–Kier alpha value is -1.15. The van der Waals surface area contributed by atoms with Crippen LogP contribution in [-0.2, 0) is 19.6 Å². The third-order valence-electron chi connectivity index (χ3n) is 5.47. The minimum atomic E-state index is -3.59. The third kappa shape index (κ3) is 5.19. The van der Waals surface area contributed by atoms with E-state index in [4.69, 9.17) is 0 Å².